The Bertz CT molecular complexity index is 1280. The summed E-state index contributed by atoms with van der Waals surface area (Å²) in [5.74, 6) is 0.177. The lowest BCUT2D eigenvalue weighted by Crippen LogP contribution is -2.48. The van der Waals surface area contributed by atoms with Crippen LogP contribution in [-0.2, 0) is 9.53 Å². The van der Waals surface area contributed by atoms with Crippen molar-refractivity contribution in [2.24, 2.45) is 0 Å². The molecule has 12 heteroatoms. The number of amides is 2. The van der Waals surface area contributed by atoms with Crippen molar-refractivity contribution in [3.05, 3.63) is 54.1 Å². The molecule has 1 N–H and O–H groups in total. The Hall–Kier alpha value is -3.77. The molecule has 11 nitrogen and oxygen atoms in total. The van der Waals surface area contributed by atoms with Gasteiger partial charge in [-0.3, -0.25) is 9.59 Å². The average Bonchev–Trinajstić information content (AvgIpc) is 3.73. The molecule has 2 atom stereocenters. The van der Waals surface area contributed by atoms with Gasteiger partial charge in [0.2, 0.25) is 11.7 Å². The molecule has 4 heterocycles. The van der Waals surface area contributed by atoms with E-state index in [0.29, 0.717) is 37.9 Å². The number of nitrogens with one attached hydrogen (secondary N) is 1. The summed E-state index contributed by atoms with van der Waals surface area (Å²) in [7, 11) is 0. The monoisotopic (exact) mass is 555 g/mol. The molecule has 2 aromatic heterocycles. The fourth-order valence-corrected chi connectivity index (χ4v) is 4.92. The minimum Gasteiger partial charge on any atom is -0.493 e. The number of furan rings is 1. The Morgan fingerprint density at radius 1 is 1.20 bits per heavy atom. The molecule has 1 unspecified atom stereocenters. The van der Waals surface area contributed by atoms with Gasteiger partial charge in [0.25, 0.3) is 11.8 Å². The van der Waals surface area contributed by atoms with Gasteiger partial charge < -0.3 is 33.5 Å². The van der Waals surface area contributed by atoms with Gasteiger partial charge in [0.05, 0.1) is 18.4 Å². The number of hydrogen-bond donors (Lipinski definition) is 1. The van der Waals surface area contributed by atoms with Gasteiger partial charge in [0.1, 0.15) is 23.7 Å². The number of rotatable bonds is 10. The van der Waals surface area contributed by atoms with E-state index in [0.717, 1.165) is 45.3 Å². The standard InChI is InChI=1S/C28H34FN5O6/c1-19(30-26(35)23-6-2-15-38-23)28(36)34-12-4-10-33(13-14-34)11-5-17-37-20-8-9-21(22(29)18-20)25-31-27(40-32-25)24-7-3-16-39-24/h2,6,8-9,15,18-19,24H,3-5,7,10-14,16-17H2,1H3,(H,30,35)/t19-,24?/m1/s1. The lowest BCUT2D eigenvalue weighted by atomic mass is 10.2. The lowest BCUT2D eigenvalue weighted by molar-refractivity contribution is -0.132. The first-order valence-electron chi connectivity index (χ1n) is 13.7. The third-order valence-electron chi connectivity index (χ3n) is 7.08. The van der Waals surface area contributed by atoms with E-state index < -0.39 is 17.8 Å². The van der Waals surface area contributed by atoms with E-state index in [1.807, 2.05) is 0 Å². The first kappa shape index (κ1) is 27.8. The van der Waals surface area contributed by atoms with E-state index >= 15 is 0 Å². The number of halogens is 1. The highest BCUT2D eigenvalue weighted by Gasteiger charge is 2.26. The highest BCUT2D eigenvalue weighted by atomic mass is 19.1. The summed E-state index contributed by atoms with van der Waals surface area (Å²) in [6.45, 7) is 6.37. The average molecular weight is 556 g/mol. The third-order valence-corrected chi connectivity index (χ3v) is 7.08. The largest absolute Gasteiger partial charge is 0.493 e. The molecular formula is C28H34FN5O6. The van der Waals surface area contributed by atoms with Crippen LogP contribution in [0.1, 0.15) is 55.2 Å². The molecule has 0 bridgehead atoms. The number of hydrogen-bond acceptors (Lipinski definition) is 9. The van der Waals surface area contributed by atoms with Gasteiger partial charge in [-0.1, -0.05) is 5.16 Å². The first-order chi connectivity index (χ1) is 19.5. The second kappa shape index (κ2) is 13.1. The summed E-state index contributed by atoms with van der Waals surface area (Å²) >= 11 is 0. The number of nitrogens with zero attached hydrogens (tertiary/aromatic N) is 4. The molecule has 0 aliphatic carbocycles. The highest BCUT2D eigenvalue weighted by Crippen LogP contribution is 2.30. The van der Waals surface area contributed by atoms with Crippen LogP contribution in [0, 0.1) is 5.82 Å². The van der Waals surface area contributed by atoms with Gasteiger partial charge in [-0.15, -0.1) is 0 Å². The number of aromatic nitrogens is 2. The van der Waals surface area contributed by atoms with E-state index in [4.69, 9.17) is 18.4 Å². The van der Waals surface area contributed by atoms with Crippen molar-refractivity contribution in [2.45, 2.75) is 44.8 Å². The van der Waals surface area contributed by atoms with Crippen molar-refractivity contribution >= 4 is 11.8 Å². The Labute approximate surface area is 231 Å². The van der Waals surface area contributed by atoms with Crippen molar-refractivity contribution in [1.82, 2.24) is 25.3 Å². The molecule has 0 saturated carbocycles. The first-order valence-corrected chi connectivity index (χ1v) is 13.7. The van der Waals surface area contributed by atoms with Gasteiger partial charge in [-0.2, -0.15) is 4.98 Å². The van der Waals surface area contributed by atoms with Gasteiger partial charge in [-0.25, -0.2) is 4.39 Å². The maximum Gasteiger partial charge on any atom is 0.287 e. The number of carbonyl (C=O) groups is 2. The van der Waals surface area contributed by atoms with Crippen molar-refractivity contribution in [3.63, 3.8) is 0 Å². The summed E-state index contributed by atoms with van der Waals surface area (Å²) in [4.78, 5) is 33.4. The SMILES string of the molecule is C[C@@H](NC(=O)c1ccco1)C(=O)N1CCCN(CCCOc2ccc(-c3noc(C4CCCO4)n3)c(F)c2)CC1. The summed E-state index contributed by atoms with van der Waals surface area (Å²) in [5, 5.41) is 6.61. The van der Waals surface area contributed by atoms with Gasteiger partial charge in [0.15, 0.2) is 5.76 Å². The highest BCUT2D eigenvalue weighted by molar-refractivity contribution is 5.95. The molecule has 2 amide bonds. The van der Waals surface area contributed by atoms with Crippen LogP contribution >= 0.6 is 0 Å². The fourth-order valence-electron chi connectivity index (χ4n) is 4.92. The van der Waals surface area contributed by atoms with Crippen LogP contribution in [0.25, 0.3) is 11.4 Å². The van der Waals surface area contributed by atoms with Gasteiger partial charge >= 0.3 is 0 Å². The van der Waals surface area contributed by atoms with Crippen LogP contribution in [0.3, 0.4) is 0 Å². The molecule has 0 radical (unpaired) electrons. The van der Waals surface area contributed by atoms with Crippen molar-refractivity contribution in [2.75, 3.05) is 45.9 Å². The normalized spacial score (nSPS) is 18.9. The lowest BCUT2D eigenvalue weighted by Gasteiger charge is -2.25. The Balaban J connectivity index is 1.03. The molecule has 5 rings (SSSR count). The zero-order valence-corrected chi connectivity index (χ0v) is 22.5. The summed E-state index contributed by atoms with van der Waals surface area (Å²) in [6, 6.07) is 7.16. The molecule has 2 saturated heterocycles. The van der Waals surface area contributed by atoms with Crippen LogP contribution in [0.4, 0.5) is 4.39 Å². The molecule has 214 valence electrons. The maximum absolute atomic E-state index is 14.8. The molecule has 1 aromatic carbocycles. The Kier molecular flexibility index (Phi) is 9.07. The topological polar surface area (TPSA) is 123 Å². The van der Waals surface area contributed by atoms with Crippen LogP contribution in [0.2, 0.25) is 0 Å². The Morgan fingerprint density at radius 2 is 2.10 bits per heavy atom. The van der Waals surface area contributed by atoms with E-state index in [9.17, 15) is 14.0 Å². The summed E-state index contributed by atoms with van der Waals surface area (Å²) in [6.07, 6.45) is 4.54. The maximum atomic E-state index is 14.8. The zero-order valence-electron chi connectivity index (χ0n) is 22.5. The molecule has 2 aliphatic rings. The minimum absolute atomic E-state index is 0.112. The predicted molar refractivity (Wildman–Crippen MR) is 141 cm³/mol. The van der Waals surface area contributed by atoms with Crippen molar-refractivity contribution < 1.29 is 32.4 Å². The van der Waals surface area contributed by atoms with Crippen LogP contribution in [0.5, 0.6) is 5.75 Å². The van der Waals surface area contributed by atoms with E-state index in [1.54, 1.807) is 36.1 Å². The molecular weight excluding hydrogens is 521 g/mol. The van der Waals surface area contributed by atoms with Gasteiger partial charge in [-0.05, 0) is 63.4 Å². The molecule has 2 fully saturated rings. The van der Waals surface area contributed by atoms with Crippen LogP contribution < -0.4 is 10.1 Å². The predicted octanol–water partition coefficient (Wildman–Crippen LogP) is 3.44. The van der Waals surface area contributed by atoms with Crippen molar-refractivity contribution in [1.29, 1.82) is 0 Å². The molecule has 3 aromatic rings. The molecule has 40 heavy (non-hydrogen) atoms. The smallest absolute Gasteiger partial charge is 0.287 e. The van der Waals surface area contributed by atoms with E-state index in [-0.39, 0.29) is 29.2 Å². The van der Waals surface area contributed by atoms with E-state index in [2.05, 4.69) is 20.4 Å². The van der Waals surface area contributed by atoms with Gasteiger partial charge in [0, 0.05) is 38.9 Å². The quantitative estimate of drug-likeness (QED) is 0.375. The number of benzene rings is 1. The second-order valence-electron chi connectivity index (χ2n) is 9.99. The molecule has 0 spiro atoms. The Morgan fingerprint density at radius 3 is 2.88 bits per heavy atom. The molecule has 2 aliphatic heterocycles. The van der Waals surface area contributed by atoms with Crippen LogP contribution in [-0.4, -0.2) is 83.7 Å². The van der Waals surface area contributed by atoms with E-state index in [1.165, 1.54) is 12.3 Å². The third kappa shape index (κ3) is 6.86. The number of ether oxygens (including phenoxy) is 2. The second-order valence-corrected chi connectivity index (χ2v) is 9.99. The van der Waals surface area contributed by atoms with Crippen LogP contribution in [0.15, 0.2) is 45.5 Å². The number of carbonyl (C=O) groups excluding carboxylic acids is 2. The fraction of sp³-hybridized carbons (Fsp3) is 0.500. The summed E-state index contributed by atoms with van der Waals surface area (Å²) in [5.41, 5.74) is 0.249. The van der Waals surface area contributed by atoms with Crippen molar-refractivity contribution in [3.8, 4) is 17.1 Å². The zero-order chi connectivity index (χ0) is 27.9. The summed E-state index contributed by atoms with van der Waals surface area (Å²) < 4.78 is 36.4. The minimum atomic E-state index is -0.646.